The Morgan fingerprint density at radius 1 is 1.43 bits per heavy atom. The Kier molecular flexibility index (Phi) is 2.69. The van der Waals surface area contributed by atoms with Gasteiger partial charge in [-0.25, -0.2) is 0 Å². The Hall–Kier alpha value is -2.07. The average molecular weight is 186 g/mol. The van der Waals surface area contributed by atoms with E-state index in [1.807, 2.05) is 19.9 Å². The van der Waals surface area contributed by atoms with Crippen LogP contribution in [-0.2, 0) is 0 Å². The standard InChI is InChI=1S/C10H10N4/c1-4-10(2,3)12-9-6-5-8(7-11)13-14-9/h1,5-6H,2-3H3,(H,12,14). The molecule has 1 rings (SSSR count). The van der Waals surface area contributed by atoms with Gasteiger partial charge in [0, 0.05) is 0 Å². The Labute approximate surface area is 83.0 Å². The highest BCUT2D eigenvalue weighted by Crippen LogP contribution is 2.10. The third kappa shape index (κ3) is 2.46. The summed E-state index contributed by atoms with van der Waals surface area (Å²) in [5, 5.41) is 19.0. The van der Waals surface area contributed by atoms with E-state index in [-0.39, 0.29) is 5.69 Å². The quantitative estimate of drug-likeness (QED) is 0.704. The van der Waals surface area contributed by atoms with E-state index in [0.29, 0.717) is 5.82 Å². The number of hydrogen-bond acceptors (Lipinski definition) is 4. The second-order valence-corrected chi connectivity index (χ2v) is 3.31. The summed E-state index contributed by atoms with van der Waals surface area (Å²) < 4.78 is 0. The van der Waals surface area contributed by atoms with Crippen molar-refractivity contribution in [1.82, 2.24) is 10.2 Å². The van der Waals surface area contributed by atoms with Crippen molar-refractivity contribution in [3.8, 4) is 18.4 Å². The lowest BCUT2D eigenvalue weighted by Crippen LogP contribution is -2.29. The second kappa shape index (κ2) is 3.76. The van der Waals surface area contributed by atoms with Crippen LogP contribution in [0.15, 0.2) is 12.1 Å². The fourth-order valence-electron chi connectivity index (χ4n) is 0.815. The first-order valence-corrected chi connectivity index (χ1v) is 4.07. The Morgan fingerprint density at radius 3 is 2.57 bits per heavy atom. The maximum atomic E-state index is 8.50. The molecule has 0 bridgehead atoms. The van der Waals surface area contributed by atoms with Gasteiger partial charge in [-0.3, -0.25) is 0 Å². The third-order valence-corrected chi connectivity index (χ3v) is 1.58. The number of nitrogens with one attached hydrogen (secondary N) is 1. The smallest absolute Gasteiger partial charge is 0.163 e. The Bertz CT molecular complexity index is 392. The van der Waals surface area contributed by atoms with Gasteiger partial charge in [0.05, 0.1) is 5.54 Å². The van der Waals surface area contributed by atoms with E-state index in [0.717, 1.165) is 0 Å². The second-order valence-electron chi connectivity index (χ2n) is 3.31. The molecule has 0 aliphatic carbocycles. The van der Waals surface area contributed by atoms with Crippen LogP contribution in [0.1, 0.15) is 19.5 Å². The molecule has 0 aliphatic heterocycles. The molecule has 70 valence electrons. The molecule has 1 aromatic heterocycles. The van der Waals surface area contributed by atoms with Gasteiger partial charge in [0.1, 0.15) is 11.9 Å². The Balaban J connectivity index is 2.81. The topological polar surface area (TPSA) is 61.6 Å². The van der Waals surface area contributed by atoms with Crippen LogP contribution in [0, 0.1) is 23.7 Å². The molecule has 0 atom stereocenters. The molecule has 0 unspecified atom stereocenters. The minimum Gasteiger partial charge on any atom is -0.353 e. The van der Waals surface area contributed by atoms with E-state index >= 15 is 0 Å². The van der Waals surface area contributed by atoms with Crippen LogP contribution in [0.3, 0.4) is 0 Å². The van der Waals surface area contributed by atoms with E-state index in [1.54, 1.807) is 12.1 Å². The summed E-state index contributed by atoms with van der Waals surface area (Å²) >= 11 is 0. The molecule has 0 saturated carbocycles. The maximum Gasteiger partial charge on any atom is 0.163 e. The van der Waals surface area contributed by atoms with Crippen molar-refractivity contribution >= 4 is 5.82 Å². The molecule has 0 spiro atoms. The minimum absolute atomic E-state index is 0.286. The maximum absolute atomic E-state index is 8.50. The summed E-state index contributed by atoms with van der Waals surface area (Å²) in [6.07, 6.45) is 5.30. The third-order valence-electron chi connectivity index (χ3n) is 1.58. The van der Waals surface area contributed by atoms with Gasteiger partial charge in [0.25, 0.3) is 0 Å². The number of hydrogen-bond donors (Lipinski definition) is 1. The molecule has 0 saturated heterocycles. The summed E-state index contributed by atoms with van der Waals surface area (Å²) in [6.45, 7) is 3.71. The summed E-state index contributed by atoms with van der Waals surface area (Å²) in [5.41, 5.74) is -0.183. The molecule has 0 amide bonds. The monoisotopic (exact) mass is 186 g/mol. The highest BCUT2D eigenvalue weighted by Gasteiger charge is 2.13. The first kappa shape index (κ1) is 10.0. The van der Waals surface area contributed by atoms with Crippen LogP contribution in [0.25, 0.3) is 0 Å². The number of aromatic nitrogens is 2. The average Bonchev–Trinajstić information content (AvgIpc) is 2.19. The molecular formula is C10H10N4. The van der Waals surface area contributed by atoms with Crippen LogP contribution >= 0.6 is 0 Å². The van der Waals surface area contributed by atoms with Gasteiger partial charge >= 0.3 is 0 Å². The van der Waals surface area contributed by atoms with E-state index < -0.39 is 5.54 Å². The predicted molar refractivity (Wildman–Crippen MR) is 53.3 cm³/mol. The van der Waals surface area contributed by atoms with E-state index in [9.17, 15) is 0 Å². The predicted octanol–water partition coefficient (Wildman–Crippen LogP) is 1.17. The zero-order valence-electron chi connectivity index (χ0n) is 8.07. The molecule has 1 heterocycles. The number of nitriles is 1. The number of rotatable bonds is 2. The first-order chi connectivity index (χ1) is 6.57. The lowest BCUT2D eigenvalue weighted by Gasteiger charge is -2.19. The fraction of sp³-hybridized carbons (Fsp3) is 0.300. The number of nitrogens with zero attached hydrogens (tertiary/aromatic N) is 3. The number of anilines is 1. The lowest BCUT2D eigenvalue weighted by atomic mass is 10.1. The molecule has 1 N–H and O–H groups in total. The molecule has 0 fully saturated rings. The van der Waals surface area contributed by atoms with Crippen LogP contribution in [-0.4, -0.2) is 15.7 Å². The molecule has 4 heteroatoms. The van der Waals surface area contributed by atoms with Crippen molar-refractivity contribution < 1.29 is 0 Å². The van der Waals surface area contributed by atoms with Gasteiger partial charge in [-0.15, -0.1) is 16.6 Å². The molecule has 0 aliphatic rings. The highest BCUT2D eigenvalue weighted by atomic mass is 15.2. The summed E-state index contributed by atoms with van der Waals surface area (Å²) in [6, 6.07) is 5.15. The molecule has 4 nitrogen and oxygen atoms in total. The molecular weight excluding hydrogens is 176 g/mol. The normalized spacial score (nSPS) is 10.0. The van der Waals surface area contributed by atoms with Crippen LogP contribution in [0.2, 0.25) is 0 Å². The largest absolute Gasteiger partial charge is 0.353 e. The molecule has 1 aromatic rings. The zero-order chi connectivity index (χ0) is 10.6. The van der Waals surface area contributed by atoms with Gasteiger partial charge in [0.2, 0.25) is 0 Å². The molecule has 0 aromatic carbocycles. The van der Waals surface area contributed by atoms with E-state index in [4.69, 9.17) is 11.7 Å². The van der Waals surface area contributed by atoms with Crippen molar-refractivity contribution in [1.29, 1.82) is 5.26 Å². The first-order valence-electron chi connectivity index (χ1n) is 4.07. The van der Waals surface area contributed by atoms with Crippen molar-refractivity contribution in [2.24, 2.45) is 0 Å². The summed E-state index contributed by atoms with van der Waals surface area (Å²) in [5.74, 6) is 3.14. The van der Waals surface area contributed by atoms with Crippen molar-refractivity contribution in [2.45, 2.75) is 19.4 Å². The van der Waals surface area contributed by atoms with E-state index in [2.05, 4.69) is 21.4 Å². The van der Waals surface area contributed by atoms with E-state index in [1.165, 1.54) is 0 Å². The van der Waals surface area contributed by atoms with Crippen LogP contribution in [0.5, 0.6) is 0 Å². The van der Waals surface area contributed by atoms with Gasteiger partial charge in [-0.1, -0.05) is 5.92 Å². The Morgan fingerprint density at radius 2 is 2.14 bits per heavy atom. The van der Waals surface area contributed by atoms with Gasteiger partial charge < -0.3 is 5.32 Å². The van der Waals surface area contributed by atoms with Gasteiger partial charge in [0.15, 0.2) is 5.69 Å². The number of terminal acetylenes is 1. The van der Waals surface area contributed by atoms with Crippen LogP contribution < -0.4 is 5.32 Å². The molecule has 0 radical (unpaired) electrons. The van der Waals surface area contributed by atoms with Crippen LogP contribution in [0.4, 0.5) is 5.82 Å². The van der Waals surface area contributed by atoms with Gasteiger partial charge in [-0.05, 0) is 26.0 Å². The minimum atomic E-state index is -0.469. The molecule has 14 heavy (non-hydrogen) atoms. The fourth-order valence-corrected chi connectivity index (χ4v) is 0.815. The summed E-state index contributed by atoms with van der Waals surface area (Å²) in [4.78, 5) is 0. The van der Waals surface area contributed by atoms with Crippen molar-refractivity contribution in [3.63, 3.8) is 0 Å². The SMILES string of the molecule is C#CC(C)(C)Nc1ccc(C#N)nn1. The zero-order valence-corrected chi connectivity index (χ0v) is 8.07. The lowest BCUT2D eigenvalue weighted by molar-refractivity contribution is 0.731. The van der Waals surface area contributed by atoms with Crippen molar-refractivity contribution in [2.75, 3.05) is 5.32 Å². The highest BCUT2D eigenvalue weighted by molar-refractivity contribution is 5.40. The van der Waals surface area contributed by atoms with Crippen molar-refractivity contribution in [3.05, 3.63) is 17.8 Å². The summed E-state index contributed by atoms with van der Waals surface area (Å²) in [7, 11) is 0. The van der Waals surface area contributed by atoms with Gasteiger partial charge in [-0.2, -0.15) is 5.26 Å².